The Balaban J connectivity index is 2.18. The Morgan fingerprint density at radius 2 is 1.39 bits per heavy atom. The summed E-state index contributed by atoms with van der Waals surface area (Å²) in [5.74, 6) is -1.56. The lowest BCUT2D eigenvalue weighted by Crippen LogP contribution is -2.23. The van der Waals surface area contributed by atoms with E-state index in [0.717, 1.165) is 19.3 Å². The zero-order valence-electron chi connectivity index (χ0n) is 22.4. The average Bonchev–Trinajstić information content (AvgIpc) is 3.22. The Kier molecular flexibility index (Phi) is 18.6. The van der Waals surface area contributed by atoms with Gasteiger partial charge in [-0.25, -0.2) is 14.0 Å². The first kappa shape index (κ1) is 31.9. The fraction of sp³-hybridized carbons (Fsp3) is 0.778. The number of carbonyl (C=O) groups is 2. The van der Waals surface area contributed by atoms with Gasteiger partial charge in [0.25, 0.3) is 0 Å². The van der Waals surface area contributed by atoms with Gasteiger partial charge in [0, 0.05) is 32.5 Å². The molecule has 1 aromatic rings. The van der Waals surface area contributed by atoms with E-state index in [0.29, 0.717) is 26.4 Å². The summed E-state index contributed by atoms with van der Waals surface area (Å²) in [7, 11) is 0. The van der Waals surface area contributed by atoms with Crippen LogP contribution in [0.1, 0.15) is 102 Å². The molecule has 0 aliphatic rings. The number of rotatable bonds is 22. The highest BCUT2D eigenvalue weighted by molar-refractivity contribution is 5.89. The highest BCUT2D eigenvalue weighted by atomic mass is 19.1. The molecule has 8 nitrogen and oxygen atoms in total. The molecule has 0 amide bonds. The van der Waals surface area contributed by atoms with Crippen molar-refractivity contribution in [1.29, 1.82) is 0 Å². The summed E-state index contributed by atoms with van der Waals surface area (Å²) in [6, 6.07) is 0. The van der Waals surface area contributed by atoms with Gasteiger partial charge in [0.2, 0.25) is 6.29 Å². The number of aryl methyl sites for hydroxylation is 1. The van der Waals surface area contributed by atoms with E-state index in [1.54, 1.807) is 4.57 Å². The standard InChI is InChI=1S/C27H46FNO7/c1-4-6-7-8-9-10-11-12-13-14-15-16-29-21-24(25(28)22-29)26(30)35-23(3)36-27(31)34-20-19-33-18-17-32-5-2/h21-23H,4-20H2,1-3H3. The van der Waals surface area contributed by atoms with Crippen molar-refractivity contribution in [3.8, 4) is 0 Å². The van der Waals surface area contributed by atoms with Crippen molar-refractivity contribution in [2.45, 2.75) is 104 Å². The van der Waals surface area contributed by atoms with Crippen LogP contribution in [0.25, 0.3) is 0 Å². The first-order valence-electron chi connectivity index (χ1n) is 13.5. The zero-order valence-corrected chi connectivity index (χ0v) is 22.4. The lowest BCUT2D eigenvalue weighted by atomic mass is 10.1. The maximum Gasteiger partial charge on any atom is 0.511 e. The topological polar surface area (TPSA) is 85.2 Å². The first-order valence-corrected chi connectivity index (χ1v) is 13.5. The highest BCUT2D eigenvalue weighted by Gasteiger charge is 2.21. The minimum absolute atomic E-state index is 0.0118. The molecule has 1 aromatic heterocycles. The lowest BCUT2D eigenvalue weighted by molar-refractivity contribution is -0.0852. The number of hydrogen-bond acceptors (Lipinski definition) is 7. The van der Waals surface area contributed by atoms with Gasteiger partial charge in [-0.2, -0.15) is 0 Å². The van der Waals surface area contributed by atoms with Crippen LogP contribution < -0.4 is 0 Å². The van der Waals surface area contributed by atoms with Gasteiger partial charge in [-0.3, -0.25) is 0 Å². The number of aromatic nitrogens is 1. The molecule has 0 aromatic carbocycles. The molecule has 0 saturated heterocycles. The monoisotopic (exact) mass is 515 g/mol. The van der Waals surface area contributed by atoms with E-state index in [4.69, 9.17) is 23.7 Å². The molecule has 0 radical (unpaired) electrons. The van der Waals surface area contributed by atoms with E-state index in [1.165, 1.54) is 70.7 Å². The molecule has 36 heavy (non-hydrogen) atoms. The van der Waals surface area contributed by atoms with Gasteiger partial charge >= 0.3 is 12.1 Å². The fourth-order valence-corrected chi connectivity index (χ4v) is 3.67. The quantitative estimate of drug-likeness (QED) is 0.0971. The van der Waals surface area contributed by atoms with E-state index in [1.807, 2.05) is 6.92 Å². The number of carbonyl (C=O) groups excluding carboxylic acids is 2. The Morgan fingerprint density at radius 1 is 0.806 bits per heavy atom. The van der Waals surface area contributed by atoms with E-state index >= 15 is 0 Å². The lowest BCUT2D eigenvalue weighted by Gasteiger charge is -2.13. The molecule has 1 atom stereocenters. The molecule has 0 bridgehead atoms. The van der Waals surface area contributed by atoms with E-state index < -0.39 is 24.2 Å². The van der Waals surface area contributed by atoms with Crippen LogP contribution in [-0.2, 0) is 30.2 Å². The molecule has 0 N–H and O–H groups in total. The summed E-state index contributed by atoms with van der Waals surface area (Å²) >= 11 is 0. The van der Waals surface area contributed by atoms with Gasteiger partial charge in [-0.05, 0) is 13.3 Å². The molecule has 0 aliphatic carbocycles. The van der Waals surface area contributed by atoms with Gasteiger partial charge in [0.1, 0.15) is 12.2 Å². The van der Waals surface area contributed by atoms with Gasteiger partial charge in [0.05, 0.1) is 19.8 Å². The van der Waals surface area contributed by atoms with Crippen molar-refractivity contribution in [2.75, 3.05) is 33.0 Å². The largest absolute Gasteiger partial charge is 0.511 e. The molecule has 9 heteroatoms. The van der Waals surface area contributed by atoms with Crippen LogP contribution in [0.2, 0.25) is 0 Å². The van der Waals surface area contributed by atoms with Crippen molar-refractivity contribution in [3.05, 3.63) is 23.8 Å². The molecule has 1 unspecified atom stereocenters. The summed E-state index contributed by atoms with van der Waals surface area (Å²) in [6.07, 6.45) is 14.1. The third-order valence-corrected chi connectivity index (χ3v) is 5.63. The molecular formula is C27H46FNO7. The number of hydrogen-bond donors (Lipinski definition) is 0. The van der Waals surface area contributed by atoms with Gasteiger partial charge in [-0.1, -0.05) is 71.1 Å². The van der Waals surface area contributed by atoms with E-state index in [2.05, 4.69) is 6.92 Å². The average molecular weight is 516 g/mol. The number of halogens is 1. The van der Waals surface area contributed by atoms with Crippen LogP contribution in [0.5, 0.6) is 0 Å². The maximum atomic E-state index is 14.2. The molecule has 1 heterocycles. The highest BCUT2D eigenvalue weighted by Crippen LogP contribution is 2.15. The summed E-state index contributed by atoms with van der Waals surface area (Å²) in [6.45, 7) is 7.75. The van der Waals surface area contributed by atoms with E-state index in [9.17, 15) is 14.0 Å². The van der Waals surface area contributed by atoms with Crippen LogP contribution >= 0.6 is 0 Å². The van der Waals surface area contributed by atoms with Gasteiger partial charge in [-0.15, -0.1) is 0 Å². The summed E-state index contributed by atoms with van der Waals surface area (Å²) in [5, 5.41) is 0. The van der Waals surface area contributed by atoms with Crippen molar-refractivity contribution >= 4 is 12.1 Å². The molecule has 208 valence electrons. The molecule has 0 spiro atoms. The second kappa shape index (κ2) is 21.0. The summed E-state index contributed by atoms with van der Waals surface area (Å²) in [5.41, 5.74) is -0.190. The molecule has 0 aliphatic heterocycles. The SMILES string of the molecule is CCCCCCCCCCCCCn1cc(F)c(C(=O)OC(C)OC(=O)OCCOCCOCC)c1. The molecule has 1 rings (SSSR count). The van der Waals surface area contributed by atoms with E-state index in [-0.39, 0.29) is 18.8 Å². The third kappa shape index (κ3) is 15.8. The first-order chi connectivity index (χ1) is 17.5. The third-order valence-electron chi connectivity index (χ3n) is 5.63. The minimum atomic E-state index is -1.22. The number of nitrogens with zero attached hydrogens (tertiary/aromatic N) is 1. The normalized spacial score (nSPS) is 11.9. The van der Waals surface area contributed by atoms with Crippen LogP contribution in [0, 0.1) is 5.82 Å². The number of esters is 1. The Morgan fingerprint density at radius 3 is 2.03 bits per heavy atom. The Hall–Kier alpha value is -2.13. The van der Waals surface area contributed by atoms with Crippen molar-refractivity contribution in [1.82, 2.24) is 4.57 Å². The van der Waals surface area contributed by atoms with Crippen LogP contribution in [0.3, 0.4) is 0 Å². The second-order valence-electron chi connectivity index (χ2n) is 8.79. The minimum Gasteiger partial charge on any atom is -0.432 e. The second-order valence-corrected chi connectivity index (χ2v) is 8.79. The Bertz CT molecular complexity index is 710. The van der Waals surface area contributed by atoms with Crippen LogP contribution in [0.15, 0.2) is 12.4 Å². The predicted octanol–water partition coefficient (Wildman–Crippen LogP) is 6.65. The fourth-order valence-electron chi connectivity index (χ4n) is 3.67. The van der Waals surface area contributed by atoms with Gasteiger partial charge < -0.3 is 28.3 Å². The zero-order chi connectivity index (χ0) is 26.4. The Labute approximate surface area is 215 Å². The number of unbranched alkanes of at least 4 members (excludes halogenated alkanes) is 10. The summed E-state index contributed by atoms with van der Waals surface area (Å²) < 4.78 is 41.0. The molecule has 0 saturated carbocycles. The summed E-state index contributed by atoms with van der Waals surface area (Å²) in [4.78, 5) is 23.9. The van der Waals surface area contributed by atoms with Crippen LogP contribution in [0.4, 0.5) is 9.18 Å². The van der Waals surface area contributed by atoms with Crippen molar-refractivity contribution in [3.63, 3.8) is 0 Å². The predicted molar refractivity (Wildman–Crippen MR) is 135 cm³/mol. The molecule has 0 fully saturated rings. The number of ether oxygens (including phenoxy) is 5. The smallest absolute Gasteiger partial charge is 0.432 e. The van der Waals surface area contributed by atoms with Gasteiger partial charge in [0.15, 0.2) is 5.82 Å². The maximum absolute atomic E-state index is 14.2. The van der Waals surface area contributed by atoms with Crippen molar-refractivity contribution < 1.29 is 37.7 Å². The van der Waals surface area contributed by atoms with Crippen LogP contribution in [-0.4, -0.2) is 56.0 Å². The molecular weight excluding hydrogens is 469 g/mol. The van der Waals surface area contributed by atoms with Crippen molar-refractivity contribution in [2.24, 2.45) is 0 Å².